The van der Waals surface area contributed by atoms with Crippen LogP contribution in [0.2, 0.25) is 0 Å². The molecule has 0 unspecified atom stereocenters. The largest absolute Gasteiger partial charge is 0.399 e. The van der Waals surface area contributed by atoms with E-state index in [9.17, 15) is 8.42 Å². The van der Waals surface area contributed by atoms with E-state index in [1.165, 1.54) is 17.8 Å². The lowest BCUT2D eigenvalue weighted by Crippen LogP contribution is -2.15. The number of benzene rings is 2. The molecule has 0 saturated carbocycles. The predicted molar refractivity (Wildman–Crippen MR) is 84.6 cm³/mol. The van der Waals surface area contributed by atoms with Gasteiger partial charge in [0.1, 0.15) is 0 Å². The van der Waals surface area contributed by atoms with Gasteiger partial charge in [-0.15, -0.1) is 11.8 Å². The van der Waals surface area contributed by atoms with Crippen molar-refractivity contribution in [3.63, 3.8) is 0 Å². The molecule has 20 heavy (non-hydrogen) atoms. The monoisotopic (exact) mass is 308 g/mol. The van der Waals surface area contributed by atoms with E-state index in [0.29, 0.717) is 16.9 Å². The molecule has 2 rings (SSSR count). The Morgan fingerprint density at radius 2 is 1.85 bits per heavy atom. The fourth-order valence-corrected chi connectivity index (χ4v) is 3.81. The van der Waals surface area contributed by atoms with E-state index < -0.39 is 10.0 Å². The van der Waals surface area contributed by atoms with Gasteiger partial charge in [-0.3, -0.25) is 4.72 Å². The maximum Gasteiger partial charge on any atom is 0.262 e. The summed E-state index contributed by atoms with van der Waals surface area (Å²) in [6, 6.07) is 12.1. The molecule has 0 aromatic heterocycles. The molecule has 0 radical (unpaired) electrons. The number of hydrogen-bond acceptors (Lipinski definition) is 4. The molecule has 0 amide bonds. The molecule has 0 aliphatic heterocycles. The standard InChI is InChI=1S/C14H16N2O2S2/c1-10-7-8-11(15)9-14(10)20(17,18)16-12-5-3-4-6-13(12)19-2/h3-9,16H,15H2,1-2H3. The Kier molecular flexibility index (Phi) is 4.25. The van der Waals surface area contributed by atoms with Gasteiger partial charge in [-0.25, -0.2) is 8.42 Å². The van der Waals surface area contributed by atoms with Crippen molar-refractivity contribution in [3.8, 4) is 0 Å². The molecule has 0 heterocycles. The molecule has 0 atom stereocenters. The summed E-state index contributed by atoms with van der Waals surface area (Å²) in [5, 5.41) is 0. The Hall–Kier alpha value is -1.66. The Bertz CT molecular complexity index is 728. The van der Waals surface area contributed by atoms with Gasteiger partial charge in [0.25, 0.3) is 10.0 Å². The number of nitrogen functional groups attached to an aromatic ring is 1. The summed E-state index contributed by atoms with van der Waals surface area (Å²) in [4.78, 5) is 1.08. The van der Waals surface area contributed by atoms with Gasteiger partial charge in [0.05, 0.1) is 10.6 Å². The third-order valence-corrected chi connectivity index (χ3v) is 5.16. The lowest BCUT2D eigenvalue weighted by Gasteiger charge is -2.13. The molecule has 0 spiro atoms. The van der Waals surface area contributed by atoms with Gasteiger partial charge in [0, 0.05) is 10.6 Å². The molecule has 2 aromatic carbocycles. The maximum absolute atomic E-state index is 12.5. The van der Waals surface area contributed by atoms with Crippen molar-refractivity contribution in [1.29, 1.82) is 0 Å². The first-order chi connectivity index (χ1) is 9.44. The first-order valence-electron chi connectivity index (χ1n) is 5.96. The molecular formula is C14H16N2O2S2. The van der Waals surface area contributed by atoms with Crippen LogP contribution in [0.1, 0.15) is 5.56 Å². The van der Waals surface area contributed by atoms with Crippen LogP contribution in [0, 0.1) is 6.92 Å². The lowest BCUT2D eigenvalue weighted by molar-refractivity contribution is 0.600. The van der Waals surface area contributed by atoms with E-state index in [-0.39, 0.29) is 4.90 Å². The highest BCUT2D eigenvalue weighted by Crippen LogP contribution is 2.28. The van der Waals surface area contributed by atoms with Crippen molar-refractivity contribution in [3.05, 3.63) is 48.0 Å². The Labute approximate surface area is 123 Å². The first-order valence-corrected chi connectivity index (χ1v) is 8.67. The number of nitrogens with one attached hydrogen (secondary N) is 1. The van der Waals surface area contributed by atoms with Crippen molar-refractivity contribution in [2.24, 2.45) is 0 Å². The highest BCUT2D eigenvalue weighted by molar-refractivity contribution is 7.99. The maximum atomic E-state index is 12.5. The number of sulfonamides is 1. The van der Waals surface area contributed by atoms with Crippen molar-refractivity contribution >= 4 is 33.2 Å². The summed E-state index contributed by atoms with van der Waals surface area (Å²) in [7, 11) is -3.64. The minimum Gasteiger partial charge on any atom is -0.399 e. The topological polar surface area (TPSA) is 72.2 Å². The summed E-state index contributed by atoms with van der Waals surface area (Å²) >= 11 is 1.49. The van der Waals surface area contributed by atoms with Gasteiger partial charge >= 0.3 is 0 Å². The minimum atomic E-state index is -3.64. The van der Waals surface area contributed by atoms with Crippen LogP contribution in [0.25, 0.3) is 0 Å². The van der Waals surface area contributed by atoms with Crippen LogP contribution in [-0.2, 0) is 10.0 Å². The SMILES string of the molecule is CSc1ccccc1NS(=O)(=O)c1cc(N)ccc1C. The minimum absolute atomic E-state index is 0.202. The number of hydrogen-bond donors (Lipinski definition) is 2. The molecule has 6 heteroatoms. The van der Waals surface area contributed by atoms with E-state index in [1.54, 1.807) is 31.2 Å². The van der Waals surface area contributed by atoms with Crippen LogP contribution in [0.4, 0.5) is 11.4 Å². The third-order valence-electron chi connectivity index (χ3n) is 2.85. The van der Waals surface area contributed by atoms with Gasteiger partial charge < -0.3 is 5.73 Å². The molecule has 106 valence electrons. The van der Waals surface area contributed by atoms with Gasteiger partial charge in [-0.05, 0) is 43.0 Å². The second-order valence-electron chi connectivity index (χ2n) is 4.33. The van der Waals surface area contributed by atoms with E-state index in [2.05, 4.69) is 4.72 Å². The van der Waals surface area contributed by atoms with Crippen molar-refractivity contribution in [2.75, 3.05) is 16.7 Å². The van der Waals surface area contributed by atoms with Crippen LogP contribution in [0.5, 0.6) is 0 Å². The molecular weight excluding hydrogens is 292 g/mol. The smallest absolute Gasteiger partial charge is 0.262 e. The van der Waals surface area contributed by atoms with Crippen molar-refractivity contribution < 1.29 is 8.42 Å². The molecule has 2 aromatic rings. The zero-order chi connectivity index (χ0) is 14.8. The van der Waals surface area contributed by atoms with Crippen molar-refractivity contribution in [2.45, 2.75) is 16.7 Å². The quantitative estimate of drug-likeness (QED) is 0.672. The van der Waals surface area contributed by atoms with Crippen LogP contribution in [0.15, 0.2) is 52.3 Å². The van der Waals surface area contributed by atoms with Crippen LogP contribution in [0.3, 0.4) is 0 Å². The van der Waals surface area contributed by atoms with Crippen molar-refractivity contribution in [1.82, 2.24) is 0 Å². The molecule has 0 aliphatic carbocycles. The highest BCUT2D eigenvalue weighted by Gasteiger charge is 2.18. The number of para-hydroxylation sites is 1. The van der Waals surface area contributed by atoms with E-state index in [4.69, 9.17) is 5.73 Å². The number of thioether (sulfide) groups is 1. The predicted octanol–water partition coefficient (Wildman–Crippen LogP) is 3.10. The normalized spacial score (nSPS) is 11.3. The third kappa shape index (κ3) is 3.08. The van der Waals surface area contributed by atoms with Crippen LogP contribution >= 0.6 is 11.8 Å². The first kappa shape index (κ1) is 14.7. The number of anilines is 2. The van der Waals surface area contributed by atoms with Crippen LogP contribution < -0.4 is 10.5 Å². The molecule has 0 fully saturated rings. The zero-order valence-electron chi connectivity index (χ0n) is 11.3. The van der Waals surface area contributed by atoms with Gasteiger partial charge in [-0.1, -0.05) is 18.2 Å². The lowest BCUT2D eigenvalue weighted by atomic mass is 10.2. The zero-order valence-corrected chi connectivity index (χ0v) is 12.9. The molecule has 4 nitrogen and oxygen atoms in total. The van der Waals surface area contributed by atoms with E-state index in [0.717, 1.165) is 4.90 Å². The van der Waals surface area contributed by atoms with E-state index >= 15 is 0 Å². The highest BCUT2D eigenvalue weighted by atomic mass is 32.2. The molecule has 0 bridgehead atoms. The second kappa shape index (κ2) is 5.76. The second-order valence-corrected chi connectivity index (χ2v) is 6.83. The average molecular weight is 308 g/mol. The number of aryl methyl sites for hydroxylation is 1. The summed E-state index contributed by atoms with van der Waals surface area (Å²) in [6.45, 7) is 1.74. The number of rotatable bonds is 4. The molecule has 3 N–H and O–H groups in total. The summed E-state index contributed by atoms with van der Waals surface area (Å²) in [5.74, 6) is 0. The van der Waals surface area contributed by atoms with Crippen LogP contribution in [-0.4, -0.2) is 14.7 Å². The molecule has 0 aliphatic rings. The van der Waals surface area contributed by atoms with Gasteiger partial charge in [-0.2, -0.15) is 0 Å². The Morgan fingerprint density at radius 1 is 1.15 bits per heavy atom. The van der Waals surface area contributed by atoms with Gasteiger partial charge in [0.15, 0.2) is 0 Å². The number of nitrogens with two attached hydrogens (primary N) is 1. The van der Waals surface area contributed by atoms with Gasteiger partial charge in [0.2, 0.25) is 0 Å². The Morgan fingerprint density at radius 3 is 2.55 bits per heavy atom. The summed E-state index contributed by atoms with van der Waals surface area (Å²) < 4.78 is 27.6. The fourth-order valence-electron chi connectivity index (χ4n) is 1.83. The Balaban J connectivity index is 2.43. The summed E-state index contributed by atoms with van der Waals surface area (Å²) in [6.07, 6.45) is 1.90. The summed E-state index contributed by atoms with van der Waals surface area (Å²) in [5.41, 5.74) is 7.33. The molecule has 0 saturated heterocycles. The average Bonchev–Trinajstić information content (AvgIpc) is 2.41. The fraction of sp³-hybridized carbons (Fsp3) is 0.143. The van der Waals surface area contributed by atoms with E-state index in [1.807, 2.05) is 18.4 Å².